The standard InChI is InChI=1S/C30H37FN4O5/c1-18-16-32-27(21-10-11-21)30(39)35(3)19(2)28(37)34-25(14-20-8-12-23(31)13-9-20)29(38)33-17-24(36)15-22-6-4-5-7-26(22)40-18/h4-9,12-13,18-19,21,25,27,32H,10-11,14-17H2,1-3H3,(H,33,38)(H,34,37)/t18-,19-,25-,27+/m1/s1. The fourth-order valence-electron chi connectivity index (χ4n) is 4.73. The summed E-state index contributed by atoms with van der Waals surface area (Å²) in [7, 11) is 1.58. The average Bonchev–Trinajstić information content (AvgIpc) is 3.77. The summed E-state index contributed by atoms with van der Waals surface area (Å²) in [6.45, 7) is 3.66. The highest BCUT2D eigenvalue weighted by Crippen LogP contribution is 2.33. The lowest BCUT2D eigenvalue weighted by atomic mass is 10.0. The molecular weight excluding hydrogens is 515 g/mol. The second-order valence-electron chi connectivity index (χ2n) is 10.7. The number of carbonyl (C=O) groups excluding carboxylic acids is 4. The Balaban J connectivity index is 1.60. The van der Waals surface area contributed by atoms with E-state index in [0.717, 1.165) is 12.8 Å². The van der Waals surface area contributed by atoms with Gasteiger partial charge in [0.2, 0.25) is 17.7 Å². The minimum atomic E-state index is -1.04. The first-order valence-corrected chi connectivity index (χ1v) is 13.7. The van der Waals surface area contributed by atoms with Gasteiger partial charge in [-0.25, -0.2) is 4.39 Å². The van der Waals surface area contributed by atoms with E-state index < -0.39 is 35.8 Å². The van der Waals surface area contributed by atoms with Gasteiger partial charge in [-0.3, -0.25) is 19.2 Å². The van der Waals surface area contributed by atoms with Gasteiger partial charge in [0.25, 0.3) is 0 Å². The van der Waals surface area contributed by atoms with E-state index in [1.807, 2.05) is 19.1 Å². The molecule has 0 aromatic heterocycles. The molecule has 0 radical (unpaired) electrons. The van der Waals surface area contributed by atoms with Crippen molar-refractivity contribution in [3.63, 3.8) is 0 Å². The van der Waals surface area contributed by atoms with Gasteiger partial charge in [-0.1, -0.05) is 30.3 Å². The number of ketones is 1. The maximum atomic E-state index is 13.5. The molecule has 4 atom stereocenters. The Bertz CT molecular complexity index is 1230. The van der Waals surface area contributed by atoms with Crippen LogP contribution >= 0.6 is 0 Å². The molecule has 1 saturated carbocycles. The third kappa shape index (κ3) is 7.65. The number of hydrogen-bond acceptors (Lipinski definition) is 6. The van der Waals surface area contributed by atoms with Crippen LogP contribution in [0.15, 0.2) is 48.5 Å². The molecule has 10 heteroatoms. The van der Waals surface area contributed by atoms with Gasteiger partial charge in [0.15, 0.2) is 5.78 Å². The minimum absolute atomic E-state index is 0.0522. The van der Waals surface area contributed by atoms with Gasteiger partial charge in [-0.2, -0.15) is 0 Å². The number of hydrogen-bond donors (Lipinski definition) is 3. The summed E-state index contributed by atoms with van der Waals surface area (Å²) in [6.07, 6.45) is 1.67. The lowest BCUT2D eigenvalue weighted by molar-refractivity contribution is -0.141. The maximum Gasteiger partial charge on any atom is 0.243 e. The summed E-state index contributed by atoms with van der Waals surface area (Å²) in [4.78, 5) is 54.2. The van der Waals surface area contributed by atoms with E-state index in [2.05, 4.69) is 16.0 Å². The smallest absolute Gasteiger partial charge is 0.243 e. The van der Waals surface area contributed by atoms with Crippen LogP contribution in [0.25, 0.3) is 0 Å². The van der Waals surface area contributed by atoms with E-state index in [1.54, 1.807) is 26.1 Å². The van der Waals surface area contributed by atoms with Crippen molar-refractivity contribution in [2.24, 2.45) is 5.92 Å². The number of benzene rings is 2. The summed E-state index contributed by atoms with van der Waals surface area (Å²) >= 11 is 0. The van der Waals surface area contributed by atoms with E-state index >= 15 is 0 Å². The molecule has 2 aromatic carbocycles. The van der Waals surface area contributed by atoms with Crippen molar-refractivity contribution in [1.82, 2.24) is 20.9 Å². The van der Waals surface area contributed by atoms with Gasteiger partial charge in [0.05, 0.1) is 12.6 Å². The van der Waals surface area contributed by atoms with Crippen LogP contribution in [0.4, 0.5) is 4.39 Å². The van der Waals surface area contributed by atoms with Crippen LogP contribution in [0.2, 0.25) is 0 Å². The van der Waals surface area contributed by atoms with Crippen molar-refractivity contribution in [2.75, 3.05) is 20.1 Å². The number of ether oxygens (including phenoxy) is 1. The van der Waals surface area contributed by atoms with Gasteiger partial charge in [-0.05, 0) is 56.4 Å². The molecule has 9 nitrogen and oxygen atoms in total. The largest absolute Gasteiger partial charge is 0.489 e. The topological polar surface area (TPSA) is 117 Å². The predicted octanol–water partition coefficient (Wildman–Crippen LogP) is 1.78. The Morgan fingerprint density at radius 1 is 0.975 bits per heavy atom. The van der Waals surface area contributed by atoms with Crippen LogP contribution in [0, 0.1) is 11.7 Å². The number of halogens is 1. The number of carbonyl (C=O) groups is 4. The van der Waals surface area contributed by atoms with Crippen LogP contribution in [0.3, 0.4) is 0 Å². The van der Waals surface area contributed by atoms with Crippen LogP contribution in [-0.4, -0.2) is 72.8 Å². The number of nitrogens with zero attached hydrogens (tertiary/aromatic N) is 1. The summed E-state index contributed by atoms with van der Waals surface area (Å²) in [5, 5.41) is 8.71. The van der Waals surface area contributed by atoms with Crippen molar-refractivity contribution in [3.8, 4) is 5.75 Å². The van der Waals surface area contributed by atoms with Crippen LogP contribution in [-0.2, 0) is 32.0 Å². The average molecular weight is 553 g/mol. The van der Waals surface area contributed by atoms with Gasteiger partial charge >= 0.3 is 0 Å². The fraction of sp³-hybridized carbons (Fsp3) is 0.467. The first-order valence-electron chi connectivity index (χ1n) is 13.7. The van der Waals surface area contributed by atoms with Crippen molar-refractivity contribution >= 4 is 23.5 Å². The molecule has 2 aliphatic rings. The Kier molecular flexibility index (Phi) is 9.52. The summed E-state index contributed by atoms with van der Waals surface area (Å²) in [6, 6.07) is 10.5. The first kappa shape index (κ1) is 29.2. The second-order valence-corrected chi connectivity index (χ2v) is 10.7. The van der Waals surface area contributed by atoms with Crippen molar-refractivity contribution in [1.29, 1.82) is 0 Å². The Hall–Kier alpha value is -3.79. The number of Topliss-reactive ketones (excluding diaryl/α,β-unsaturated/α-hetero) is 1. The molecule has 3 amide bonds. The zero-order valence-electron chi connectivity index (χ0n) is 23.1. The van der Waals surface area contributed by atoms with Crippen molar-refractivity contribution in [2.45, 2.75) is 63.8 Å². The number of nitrogens with one attached hydrogen (secondary N) is 3. The zero-order valence-corrected chi connectivity index (χ0v) is 23.1. The highest BCUT2D eigenvalue weighted by atomic mass is 19.1. The minimum Gasteiger partial charge on any atom is -0.489 e. The van der Waals surface area contributed by atoms with E-state index in [-0.39, 0.29) is 43.1 Å². The molecule has 2 aromatic rings. The Morgan fingerprint density at radius 3 is 2.38 bits per heavy atom. The molecule has 0 spiro atoms. The summed E-state index contributed by atoms with van der Waals surface area (Å²) in [5.74, 6) is -1.17. The molecule has 1 aliphatic carbocycles. The van der Waals surface area contributed by atoms with E-state index in [1.165, 1.54) is 29.2 Å². The molecule has 1 aliphatic heterocycles. The molecule has 4 rings (SSSR count). The molecule has 3 N–H and O–H groups in total. The summed E-state index contributed by atoms with van der Waals surface area (Å²) < 4.78 is 19.6. The predicted molar refractivity (Wildman–Crippen MR) is 147 cm³/mol. The molecule has 1 heterocycles. The highest BCUT2D eigenvalue weighted by molar-refractivity contribution is 5.94. The third-order valence-corrected chi connectivity index (χ3v) is 7.43. The van der Waals surface area contributed by atoms with Gasteiger partial charge in [-0.15, -0.1) is 0 Å². The number of fused-ring (bicyclic) bond motifs is 1. The molecule has 0 unspecified atom stereocenters. The highest BCUT2D eigenvalue weighted by Gasteiger charge is 2.39. The number of amides is 3. The van der Waals surface area contributed by atoms with E-state index in [0.29, 0.717) is 23.4 Å². The molecule has 0 bridgehead atoms. The molecular formula is C30H37FN4O5. The number of rotatable bonds is 3. The quantitative estimate of drug-likeness (QED) is 0.535. The van der Waals surface area contributed by atoms with Gasteiger partial charge in [0, 0.05) is 32.0 Å². The van der Waals surface area contributed by atoms with Crippen molar-refractivity contribution in [3.05, 3.63) is 65.5 Å². The third-order valence-electron chi connectivity index (χ3n) is 7.43. The molecule has 0 saturated heterocycles. The number of para-hydroxylation sites is 1. The lowest BCUT2D eigenvalue weighted by Crippen LogP contribution is -2.57. The van der Waals surface area contributed by atoms with Crippen LogP contribution in [0.1, 0.15) is 37.8 Å². The van der Waals surface area contributed by atoms with E-state index in [4.69, 9.17) is 4.74 Å². The second kappa shape index (κ2) is 13.0. The zero-order chi connectivity index (χ0) is 28.8. The number of likely N-dealkylation sites (N-methyl/N-ethyl adjacent to an activating group) is 1. The maximum absolute atomic E-state index is 13.5. The SMILES string of the molecule is C[C@@H]1CN[C@@H](C2CC2)C(=O)N(C)[C@H](C)C(=O)N[C@H](Cc2ccc(F)cc2)C(=O)NCC(=O)Cc2ccccc2O1. The van der Waals surface area contributed by atoms with Crippen LogP contribution < -0.4 is 20.7 Å². The fourth-order valence-corrected chi connectivity index (χ4v) is 4.73. The molecule has 214 valence electrons. The molecule has 1 fully saturated rings. The van der Waals surface area contributed by atoms with Crippen LogP contribution in [0.5, 0.6) is 5.75 Å². The first-order chi connectivity index (χ1) is 19.1. The summed E-state index contributed by atoms with van der Waals surface area (Å²) in [5.41, 5.74) is 1.32. The monoisotopic (exact) mass is 552 g/mol. The van der Waals surface area contributed by atoms with Gasteiger partial charge in [0.1, 0.15) is 29.8 Å². The Morgan fingerprint density at radius 2 is 1.68 bits per heavy atom. The van der Waals surface area contributed by atoms with Crippen molar-refractivity contribution < 1.29 is 28.3 Å². The molecule has 40 heavy (non-hydrogen) atoms. The van der Waals surface area contributed by atoms with Gasteiger partial charge < -0.3 is 25.6 Å². The lowest BCUT2D eigenvalue weighted by Gasteiger charge is -2.31. The Labute approximate surface area is 233 Å². The van der Waals surface area contributed by atoms with E-state index in [9.17, 15) is 23.6 Å². The normalized spacial score (nSPS) is 25.6.